The number of hydrogen-bond acceptors (Lipinski definition) is 2. The molecule has 82 valence electrons. The van der Waals surface area contributed by atoms with E-state index in [0.717, 1.165) is 22.4 Å². The Morgan fingerprint density at radius 1 is 1.47 bits per heavy atom. The van der Waals surface area contributed by atoms with Gasteiger partial charge in [0.25, 0.3) is 0 Å². The van der Waals surface area contributed by atoms with E-state index in [0.29, 0.717) is 6.04 Å². The highest BCUT2D eigenvalue weighted by molar-refractivity contribution is 6.30. The molecule has 1 aliphatic rings. The van der Waals surface area contributed by atoms with Gasteiger partial charge in [-0.1, -0.05) is 11.6 Å². The molecule has 1 aromatic rings. The third-order valence-electron chi connectivity index (χ3n) is 2.87. The zero-order chi connectivity index (χ0) is 10.8. The maximum Gasteiger partial charge on any atom is 0.142 e. The molecule has 0 bridgehead atoms. The minimum atomic E-state index is 0.498. The predicted octanol–water partition coefficient (Wildman–Crippen LogP) is 3.56. The zero-order valence-corrected chi connectivity index (χ0v) is 9.84. The lowest BCUT2D eigenvalue weighted by molar-refractivity contribution is 0.416. The third kappa shape index (κ3) is 2.57. The summed E-state index contributed by atoms with van der Waals surface area (Å²) in [6.45, 7) is 2.21. The fraction of sp³-hybridized carbons (Fsp3) is 0.500. The summed E-state index contributed by atoms with van der Waals surface area (Å²) in [6, 6.07) is 6.15. The molecule has 1 unspecified atom stereocenters. The van der Waals surface area contributed by atoms with Gasteiger partial charge in [0.2, 0.25) is 0 Å². The van der Waals surface area contributed by atoms with Crippen molar-refractivity contribution >= 4 is 17.3 Å². The van der Waals surface area contributed by atoms with Gasteiger partial charge in [-0.15, -0.1) is 0 Å². The van der Waals surface area contributed by atoms with E-state index < -0.39 is 0 Å². The normalized spacial score (nSPS) is 17.3. The summed E-state index contributed by atoms with van der Waals surface area (Å²) in [5.41, 5.74) is 0.990. The van der Waals surface area contributed by atoms with Gasteiger partial charge in [-0.2, -0.15) is 0 Å². The van der Waals surface area contributed by atoms with Crippen LogP contribution in [0.2, 0.25) is 5.02 Å². The first-order valence-electron chi connectivity index (χ1n) is 5.31. The summed E-state index contributed by atoms with van der Waals surface area (Å²) in [7, 11) is 1.68. The van der Waals surface area contributed by atoms with Crippen molar-refractivity contribution in [2.24, 2.45) is 5.92 Å². The van der Waals surface area contributed by atoms with E-state index in [1.807, 2.05) is 18.2 Å². The van der Waals surface area contributed by atoms with Gasteiger partial charge in [-0.05, 0) is 43.9 Å². The van der Waals surface area contributed by atoms with Crippen LogP contribution in [0, 0.1) is 5.92 Å². The van der Waals surface area contributed by atoms with E-state index in [-0.39, 0.29) is 0 Å². The molecule has 0 saturated heterocycles. The summed E-state index contributed by atoms with van der Waals surface area (Å²) < 4.78 is 5.28. The summed E-state index contributed by atoms with van der Waals surface area (Å²) >= 11 is 5.96. The Morgan fingerprint density at radius 3 is 2.80 bits per heavy atom. The Bertz CT molecular complexity index is 349. The van der Waals surface area contributed by atoms with Crippen LogP contribution in [0.15, 0.2) is 18.2 Å². The van der Waals surface area contributed by atoms with E-state index in [1.165, 1.54) is 12.8 Å². The lowest BCUT2D eigenvalue weighted by Crippen LogP contribution is -2.17. The predicted molar refractivity (Wildman–Crippen MR) is 63.8 cm³/mol. The van der Waals surface area contributed by atoms with Gasteiger partial charge in [-0.25, -0.2) is 0 Å². The van der Waals surface area contributed by atoms with Crippen LogP contribution in [-0.2, 0) is 0 Å². The molecule has 1 aromatic carbocycles. The first-order valence-corrected chi connectivity index (χ1v) is 5.68. The van der Waals surface area contributed by atoms with Crippen molar-refractivity contribution in [2.75, 3.05) is 12.4 Å². The first kappa shape index (κ1) is 10.6. The molecule has 0 spiro atoms. The molecule has 0 radical (unpaired) electrons. The average Bonchev–Trinajstić information content (AvgIpc) is 3.01. The molecule has 2 nitrogen and oxygen atoms in total. The highest BCUT2D eigenvalue weighted by Gasteiger charge is 2.28. The summed E-state index contributed by atoms with van der Waals surface area (Å²) in [6.07, 6.45) is 2.66. The minimum absolute atomic E-state index is 0.498. The summed E-state index contributed by atoms with van der Waals surface area (Å²) in [5, 5.41) is 4.19. The Kier molecular flexibility index (Phi) is 3.06. The Morgan fingerprint density at radius 2 is 2.20 bits per heavy atom. The van der Waals surface area contributed by atoms with Gasteiger partial charge in [0.05, 0.1) is 12.8 Å². The fourth-order valence-electron chi connectivity index (χ4n) is 1.75. The van der Waals surface area contributed by atoms with Gasteiger partial charge in [0.15, 0.2) is 0 Å². The van der Waals surface area contributed by atoms with Crippen LogP contribution in [-0.4, -0.2) is 13.2 Å². The van der Waals surface area contributed by atoms with Crippen LogP contribution < -0.4 is 10.1 Å². The smallest absolute Gasteiger partial charge is 0.142 e. The largest absolute Gasteiger partial charge is 0.495 e. The molecular weight excluding hydrogens is 210 g/mol. The lowest BCUT2D eigenvalue weighted by atomic mass is 10.2. The molecule has 0 aliphatic heterocycles. The van der Waals surface area contributed by atoms with E-state index in [9.17, 15) is 0 Å². The van der Waals surface area contributed by atoms with Crippen LogP contribution in [0.5, 0.6) is 5.75 Å². The minimum Gasteiger partial charge on any atom is -0.495 e. The molecular formula is C12H16ClNO. The number of methoxy groups -OCH3 is 1. The van der Waals surface area contributed by atoms with E-state index in [1.54, 1.807) is 7.11 Å². The van der Waals surface area contributed by atoms with Gasteiger partial charge in [0.1, 0.15) is 5.75 Å². The van der Waals surface area contributed by atoms with Gasteiger partial charge < -0.3 is 10.1 Å². The van der Waals surface area contributed by atoms with Crippen molar-refractivity contribution in [3.63, 3.8) is 0 Å². The summed E-state index contributed by atoms with van der Waals surface area (Å²) in [5.74, 6) is 1.67. The molecule has 2 rings (SSSR count). The molecule has 3 heteroatoms. The van der Waals surface area contributed by atoms with Crippen LogP contribution in [0.4, 0.5) is 5.69 Å². The SMILES string of the molecule is COc1ccc(Cl)cc1NC(C)C1CC1. The standard InChI is InChI=1S/C12H16ClNO/c1-8(9-3-4-9)14-11-7-10(13)5-6-12(11)15-2/h5-9,14H,3-4H2,1-2H3. The monoisotopic (exact) mass is 225 g/mol. The first-order chi connectivity index (χ1) is 7.20. The molecule has 1 aliphatic carbocycles. The number of nitrogens with one attached hydrogen (secondary N) is 1. The molecule has 15 heavy (non-hydrogen) atoms. The van der Waals surface area contributed by atoms with Crippen LogP contribution >= 0.6 is 11.6 Å². The number of hydrogen-bond donors (Lipinski definition) is 1. The van der Waals surface area contributed by atoms with Crippen molar-refractivity contribution in [1.82, 2.24) is 0 Å². The van der Waals surface area contributed by atoms with E-state index in [2.05, 4.69) is 12.2 Å². The molecule has 1 atom stereocenters. The van der Waals surface area contributed by atoms with Crippen molar-refractivity contribution in [1.29, 1.82) is 0 Å². The van der Waals surface area contributed by atoms with Gasteiger partial charge >= 0.3 is 0 Å². The summed E-state index contributed by atoms with van der Waals surface area (Å²) in [4.78, 5) is 0. The molecule has 1 fully saturated rings. The van der Waals surface area contributed by atoms with Crippen molar-refractivity contribution in [3.8, 4) is 5.75 Å². The Hall–Kier alpha value is -0.890. The Labute approximate surface area is 95.6 Å². The topological polar surface area (TPSA) is 21.3 Å². The van der Waals surface area contributed by atoms with Crippen LogP contribution in [0.3, 0.4) is 0 Å². The maximum absolute atomic E-state index is 5.96. The van der Waals surface area contributed by atoms with Crippen LogP contribution in [0.1, 0.15) is 19.8 Å². The number of ether oxygens (including phenoxy) is 1. The van der Waals surface area contributed by atoms with Crippen molar-refractivity contribution < 1.29 is 4.74 Å². The van der Waals surface area contributed by atoms with Crippen LogP contribution in [0.25, 0.3) is 0 Å². The van der Waals surface area contributed by atoms with Crippen molar-refractivity contribution in [2.45, 2.75) is 25.8 Å². The van der Waals surface area contributed by atoms with Gasteiger partial charge in [-0.3, -0.25) is 0 Å². The zero-order valence-electron chi connectivity index (χ0n) is 9.09. The number of halogens is 1. The second-order valence-electron chi connectivity index (χ2n) is 4.12. The fourth-order valence-corrected chi connectivity index (χ4v) is 1.92. The second kappa shape index (κ2) is 4.31. The highest BCUT2D eigenvalue weighted by Crippen LogP contribution is 2.36. The van der Waals surface area contributed by atoms with E-state index in [4.69, 9.17) is 16.3 Å². The molecule has 1 N–H and O–H groups in total. The molecule has 0 aromatic heterocycles. The maximum atomic E-state index is 5.96. The van der Waals surface area contributed by atoms with Crippen molar-refractivity contribution in [3.05, 3.63) is 23.2 Å². The highest BCUT2D eigenvalue weighted by atomic mass is 35.5. The number of benzene rings is 1. The average molecular weight is 226 g/mol. The van der Waals surface area contributed by atoms with E-state index >= 15 is 0 Å². The third-order valence-corrected chi connectivity index (χ3v) is 3.11. The second-order valence-corrected chi connectivity index (χ2v) is 4.55. The quantitative estimate of drug-likeness (QED) is 0.846. The molecule has 0 heterocycles. The Balaban J connectivity index is 2.13. The molecule has 1 saturated carbocycles. The number of anilines is 1. The van der Waals surface area contributed by atoms with Gasteiger partial charge in [0, 0.05) is 11.1 Å². The number of rotatable bonds is 4. The molecule has 0 amide bonds. The lowest BCUT2D eigenvalue weighted by Gasteiger charge is -2.17.